The Balaban J connectivity index is 2.24. The summed E-state index contributed by atoms with van der Waals surface area (Å²) in [6, 6.07) is 7.51. The van der Waals surface area contributed by atoms with Gasteiger partial charge in [-0.3, -0.25) is 9.59 Å². The van der Waals surface area contributed by atoms with E-state index in [1.807, 2.05) is 37.3 Å². The van der Waals surface area contributed by atoms with Gasteiger partial charge in [0.2, 0.25) is 0 Å². The highest BCUT2D eigenvalue weighted by atomic mass is 16.5. The fourth-order valence-electron chi connectivity index (χ4n) is 2.61. The van der Waals surface area contributed by atoms with Crippen LogP contribution in [0.5, 0.6) is 5.75 Å². The number of benzene rings is 1. The molecule has 0 fully saturated rings. The van der Waals surface area contributed by atoms with Crippen molar-refractivity contribution >= 4 is 17.3 Å². The molecular formula is C18H20O4. The molecule has 0 N–H and O–H groups in total. The van der Waals surface area contributed by atoms with Gasteiger partial charge in [-0.25, -0.2) is 0 Å². The van der Waals surface area contributed by atoms with Crippen molar-refractivity contribution in [2.24, 2.45) is 0 Å². The van der Waals surface area contributed by atoms with Crippen LogP contribution in [-0.4, -0.2) is 26.0 Å². The molecule has 2 rings (SSSR count). The van der Waals surface area contributed by atoms with Crippen LogP contribution in [0.4, 0.5) is 0 Å². The highest BCUT2D eigenvalue weighted by Crippen LogP contribution is 2.36. The second-order valence-electron chi connectivity index (χ2n) is 5.18. The molecule has 0 atom stereocenters. The van der Waals surface area contributed by atoms with Crippen molar-refractivity contribution < 1.29 is 19.1 Å². The Hall–Kier alpha value is -2.36. The Bertz CT molecular complexity index is 653. The van der Waals surface area contributed by atoms with Crippen LogP contribution >= 0.6 is 0 Å². The minimum absolute atomic E-state index is 0.107. The molecule has 0 unspecified atom stereocenters. The largest absolute Gasteiger partial charge is 0.497 e. The Morgan fingerprint density at radius 3 is 2.77 bits per heavy atom. The van der Waals surface area contributed by atoms with Crippen molar-refractivity contribution in [3.05, 3.63) is 47.1 Å². The van der Waals surface area contributed by atoms with E-state index in [2.05, 4.69) is 4.74 Å². The summed E-state index contributed by atoms with van der Waals surface area (Å²) in [5.74, 6) is 0.597. The second-order valence-corrected chi connectivity index (χ2v) is 5.18. The summed E-state index contributed by atoms with van der Waals surface area (Å²) in [6.07, 6.45) is 3.25. The first kappa shape index (κ1) is 16.0. The van der Waals surface area contributed by atoms with Crippen LogP contribution in [0.1, 0.15) is 31.7 Å². The molecule has 0 aromatic heterocycles. The molecule has 0 heterocycles. The topological polar surface area (TPSA) is 52.6 Å². The van der Waals surface area contributed by atoms with Crippen molar-refractivity contribution in [1.29, 1.82) is 0 Å². The summed E-state index contributed by atoms with van der Waals surface area (Å²) in [7, 11) is 2.98. The number of ether oxygens (including phenoxy) is 2. The smallest absolute Gasteiger partial charge is 0.305 e. The Kier molecular flexibility index (Phi) is 5.15. The van der Waals surface area contributed by atoms with Crippen molar-refractivity contribution in [1.82, 2.24) is 0 Å². The van der Waals surface area contributed by atoms with Gasteiger partial charge in [0.25, 0.3) is 0 Å². The Morgan fingerprint density at radius 2 is 2.09 bits per heavy atom. The predicted molar refractivity (Wildman–Crippen MR) is 84.5 cm³/mol. The Labute approximate surface area is 130 Å². The molecule has 0 saturated carbocycles. The molecule has 4 heteroatoms. The van der Waals surface area contributed by atoms with Gasteiger partial charge >= 0.3 is 5.97 Å². The normalized spacial score (nSPS) is 16.3. The van der Waals surface area contributed by atoms with Gasteiger partial charge < -0.3 is 9.47 Å². The molecule has 0 bridgehead atoms. The number of rotatable bonds is 5. The van der Waals surface area contributed by atoms with Crippen molar-refractivity contribution in [2.45, 2.75) is 26.2 Å². The monoisotopic (exact) mass is 300 g/mol. The molecule has 116 valence electrons. The van der Waals surface area contributed by atoms with Crippen molar-refractivity contribution in [3.63, 3.8) is 0 Å². The lowest BCUT2D eigenvalue weighted by molar-refractivity contribution is -0.140. The quantitative estimate of drug-likeness (QED) is 0.783. The molecule has 0 radical (unpaired) electrons. The number of esters is 1. The van der Waals surface area contributed by atoms with Crippen LogP contribution in [0.2, 0.25) is 0 Å². The number of carbonyl (C=O) groups is 2. The van der Waals surface area contributed by atoms with Gasteiger partial charge in [0.1, 0.15) is 5.75 Å². The zero-order valence-corrected chi connectivity index (χ0v) is 13.1. The van der Waals surface area contributed by atoms with E-state index in [-0.39, 0.29) is 11.8 Å². The summed E-state index contributed by atoms with van der Waals surface area (Å²) in [5, 5.41) is 0. The highest BCUT2D eigenvalue weighted by molar-refractivity contribution is 6.26. The molecule has 1 aromatic rings. The summed E-state index contributed by atoms with van der Waals surface area (Å²) in [6.45, 7) is 1.95. The lowest BCUT2D eigenvalue weighted by Crippen LogP contribution is -1.98. The molecule has 1 aliphatic rings. The maximum Gasteiger partial charge on any atom is 0.305 e. The minimum atomic E-state index is -0.240. The zero-order valence-electron chi connectivity index (χ0n) is 13.1. The van der Waals surface area contributed by atoms with E-state index in [1.165, 1.54) is 7.11 Å². The SMILES string of the molecule is COC(=O)CC/C=C1/CC(=O)C(c2cccc(OC)c2)=C1C. The van der Waals surface area contributed by atoms with Gasteiger partial charge in [0.15, 0.2) is 5.78 Å². The third-order valence-corrected chi connectivity index (χ3v) is 3.81. The van der Waals surface area contributed by atoms with Gasteiger partial charge in [-0.05, 0) is 42.2 Å². The van der Waals surface area contributed by atoms with Crippen LogP contribution in [0.3, 0.4) is 0 Å². The van der Waals surface area contributed by atoms with E-state index in [0.717, 1.165) is 28.0 Å². The number of hydrogen-bond donors (Lipinski definition) is 0. The fraction of sp³-hybridized carbons (Fsp3) is 0.333. The van der Waals surface area contributed by atoms with Crippen LogP contribution in [0.25, 0.3) is 5.57 Å². The summed E-state index contributed by atoms with van der Waals surface area (Å²) >= 11 is 0. The maximum absolute atomic E-state index is 12.3. The van der Waals surface area contributed by atoms with E-state index in [4.69, 9.17) is 4.74 Å². The van der Waals surface area contributed by atoms with Gasteiger partial charge in [0.05, 0.1) is 14.2 Å². The summed E-state index contributed by atoms with van der Waals surface area (Å²) < 4.78 is 9.83. The van der Waals surface area contributed by atoms with Gasteiger partial charge in [-0.15, -0.1) is 0 Å². The molecule has 0 spiro atoms. The maximum atomic E-state index is 12.3. The first-order chi connectivity index (χ1) is 10.6. The first-order valence-corrected chi connectivity index (χ1v) is 7.21. The van der Waals surface area contributed by atoms with Crippen molar-refractivity contribution in [3.8, 4) is 5.75 Å². The lowest BCUT2D eigenvalue weighted by Gasteiger charge is -2.06. The molecule has 4 nitrogen and oxygen atoms in total. The number of methoxy groups -OCH3 is 2. The third kappa shape index (κ3) is 3.45. The molecule has 1 aromatic carbocycles. The number of ketones is 1. The van der Waals surface area contributed by atoms with Crippen LogP contribution in [0, 0.1) is 0 Å². The second kappa shape index (κ2) is 7.07. The number of Topliss-reactive ketones (excluding diaryl/α,β-unsaturated/α-hetero) is 1. The average molecular weight is 300 g/mol. The van der Waals surface area contributed by atoms with Gasteiger partial charge in [-0.1, -0.05) is 18.2 Å². The molecule has 22 heavy (non-hydrogen) atoms. The number of carbonyl (C=O) groups excluding carboxylic acids is 2. The van der Waals surface area contributed by atoms with E-state index in [1.54, 1.807) is 7.11 Å². The predicted octanol–water partition coefficient (Wildman–Crippen LogP) is 3.32. The summed E-state index contributed by atoms with van der Waals surface area (Å²) in [4.78, 5) is 23.5. The lowest BCUT2D eigenvalue weighted by atomic mass is 10.0. The van der Waals surface area contributed by atoms with E-state index in [9.17, 15) is 9.59 Å². The molecule has 0 saturated heterocycles. The minimum Gasteiger partial charge on any atom is -0.497 e. The van der Waals surface area contributed by atoms with Gasteiger partial charge in [-0.2, -0.15) is 0 Å². The molecule has 0 amide bonds. The molecule has 1 aliphatic carbocycles. The summed E-state index contributed by atoms with van der Waals surface area (Å²) in [5.41, 5.74) is 3.58. The number of hydrogen-bond acceptors (Lipinski definition) is 4. The van der Waals surface area contributed by atoms with E-state index in [0.29, 0.717) is 19.3 Å². The Morgan fingerprint density at radius 1 is 1.32 bits per heavy atom. The van der Waals surface area contributed by atoms with Crippen LogP contribution in [-0.2, 0) is 14.3 Å². The first-order valence-electron chi connectivity index (χ1n) is 7.21. The average Bonchev–Trinajstić information content (AvgIpc) is 2.81. The number of allylic oxidation sites excluding steroid dienone is 4. The molecular weight excluding hydrogens is 280 g/mol. The van der Waals surface area contributed by atoms with Crippen LogP contribution < -0.4 is 4.74 Å². The third-order valence-electron chi connectivity index (χ3n) is 3.81. The van der Waals surface area contributed by atoms with Crippen molar-refractivity contribution in [2.75, 3.05) is 14.2 Å². The fourth-order valence-corrected chi connectivity index (χ4v) is 2.61. The standard InChI is InChI=1S/C18H20O4/c1-12-13(6-5-9-17(20)22-3)11-16(19)18(12)14-7-4-8-15(10-14)21-2/h4,6-8,10H,5,9,11H2,1-3H3/b13-6-. The van der Waals surface area contributed by atoms with E-state index >= 15 is 0 Å². The highest BCUT2D eigenvalue weighted by Gasteiger charge is 2.25. The zero-order chi connectivity index (χ0) is 16.1. The van der Waals surface area contributed by atoms with E-state index < -0.39 is 0 Å². The van der Waals surface area contributed by atoms with Crippen LogP contribution in [0.15, 0.2) is 41.5 Å². The van der Waals surface area contributed by atoms with Gasteiger partial charge in [0, 0.05) is 18.4 Å². The molecule has 0 aliphatic heterocycles.